The van der Waals surface area contributed by atoms with E-state index in [-0.39, 0.29) is 11.6 Å². The first-order valence-corrected chi connectivity index (χ1v) is 11.3. The van der Waals surface area contributed by atoms with Gasteiger partial charge in [0.25, 0.3) is 0 Å². The lowest BCUT2D eigenvalue weighted by Crippen LogP contribution is -2.38. The summed E-state index contributed by atoms with van der Waals surface area (Å²) < 4.78 is 13.5. The Morgan fingerprint density at radius 1 is 1.31 bits per heavy atom. The number of thiophene rings is 1. The van der Waals surface area contributed by atoms with Crippen molar-refractivity contribution in [3.63, 3.8) is 0 Å². The molecule has 0 bridgehead atoms. The molecule has 2 N–H and O–H groups in total. The second-order valence-electron chi connectivity index (χ2n) is 6.87. The Bertz CT molecular complexity index is 1060. The Kier molecular flexibility index (Phi) is 5.48. The van der Waals surface area contributed by atoms with Crippen molar-refractivity contribution in [2.45, 2.75) is 37.0 Å². The van der Waals surface area contributed by atoms with Gasteiger partial charge in [-0.05, 0) is 54.3 Å². The Balaban J connectivity index is 1.94. The van der Waals surface area contributed by atoms with E-state index < -0.39 is 5.92 Å². The highest BCUT2D eigenvalue weighted by atomic mass is 32.2. The molecule has 0 amide bonds. The normalized spacial score (nSPS) is 19.4. The molecule has 0 saturated heterocycles. The van der Waals surface area contributed by atoms with Gasteiger partial charge in [0.05, 0.1) is 17.6 Å². The van der Waals surface area contributed by atoms with Crippen LogP contribution in [0.4, 0.5) is 10.1 Å². The molecule has 0 radical (unpaired) electrons. The summed E-state index contributed by atoms with van der Waals surface area (Å²) in [4.78, 5) is 16.9. The molecule has 0 spiro atoms. The van der Waals surface area contributed by atoms with Gasteiger partial charge in [0, 0.05) is 33.2 Å². The maximum absolute atomic E-state index is 13.5. The van der Waals surface area contributed by atoms with Crippen molar-refractivity contribution in [2.24, 2.45) is 5.73 Å². The smallest absolute Gasteiger partial charge is 0.161 e. The number of nitrogens with zero attached hydrogens (tertiary/aromatic N) is 2. The topological polar surface area (TPSA) is 70.1 Å². The van der Waals surface area contributed by atoms with Gasteiger partial charge in [-0.25, -0.2) is 4.39 Å². The highest BCUT2D eigenvalue weighted by Gasteiger charge is 2.41. The molecule has 0 unspecified atom stereocenters. The Hall–Kier alpha value is -2.56. The molecular formula is C22H20FN3OS2. The quantitative estimate of drug-likeness (QED) is 0.673. The molecule has 1 aliphatic heterocycles. The largest absolute Gasteiger partial charge is 0.384 e. The van der Waals surface area contributed by atoms with Gasteiger partial charge in [0.1, 0.15) is 11.6 Å². The van der Waals surface area contributed by atoms with Gasteiger partial charge >= 0.3 is 0 Å². The third-order valence-corrected chi connectivity index (χ3v) is 7.28. The standard InChI is InChI=1S/C22H20FN3OS2/c1-2-28-18-10-11-29-21(18)19-15(12-24)22(25)26(14-8-6-13(23)7-9-14)16-4-3-5-17(27)20(16)19/h6-11,19H,2-5,25H2,1H3/t19-/m0/s1. The van der Waals surface area contributed by atoms with Gasteiger partial charge in [0.2, 0.25) is 0 Å². The zero-order valence-corrected chi connectivity index (χ0v) is 17.6. The minimum Gasteiger partial charge on any atom is -0.384 e. The van der Waals surface area contributed by atoms with Crippen molar-refractivity contribution in [3.8, 4) is 6.07 Å². The molecule has 1 atom stereocenters. The van der Waals surface area contributed by atoms with Gasteiger partial charge in [-0.1, -0.05) is 6.92 Å². The maximum Gasteiger partial charge on any atom is 0.161 e. The molecule has 0 fully saturated rings. The number of carbonyl (C=O) groups is 1. The number of Topliss-reactive ketones (excluding diaryl/α,β-unsaturated/α-hetero) is 1. The van der Waals surface area contributed by atoms with E-state index in [0.29, 0.717) is 35.5 Å². The van der Waals surface area contributed by atoms with E-state index in [1.54, 1.807) is 40.1 Å². The number of hydrogen-bond donors (Lipinski definition) is 1. The number of carbonyl (C=O) groups excluding carboxylic acids is 1. The third kappa shape index (κ3) is 3.37. The number of allylic oxidation sites excluding steroid dienone is 3. The van der Waals surface area contributed by atoms with Crippen LogP contribution < -0.4 is 10.6 Å². The van der Waals surface area contributed by atoms with Crippen LogP contribution >= 0.6 is 23.1 Å². The molecule has 1 aromatic heterocycles. The number of halogens is 1. The van der Waals surface area contributed by atoms with E-state index in [2.05, 4.69) is 13.0 Å². The van der Waals surface area contributed by atoms with Crippen LogP contribution in [0.3, 0.4) is 0 Å². The van der Waals surface area contributed by atoms with Gasteiger partial charge < -0.3 is 5.73 Å². The van der Waals surface area contributed by atoms with Crippen molar-refractivity contribution in [3.05, 3.63) is 69.1 Å². The van der Waals surface area contributed by atoms with Crippen molar-refractivity contribution in [1.29, 1.82) is 5.26 Å². The molecule has 1 aliphatic carbocycles. The highest BCUT2D eigenvalue weighted by molar-refractivity contribution is 7.99. The van der Waals surface area contributed by atoms with Gasteiger partial charge in [-0.15, -0.1) is 23.1 Å². The molecule has 148 valence electrons. The third-order valence-electron chi connectivity index (χ3n) is 5.22. The molecule has 29 heavy (non-hydrogen) atoms. The van der Waals surface area contributed by atoms with E-state index in [4.69, 9.17) is 5.73 Å². The van der Waals surface area contributed by atoms with Crippen LogP contribution in [0.25, 0.3) is 0 Å². The average molecular weight is 426 g/mol. The minimum absolute atomic E-state index is 0.0597. The molecule has 2 aromatic rings. The summed E-state index contributed by atoms with van der Waals surface area (Å²) in [6.07, 6.45) is 1.89. The number of ketones is 1. The predicted octanol–water partition coefficient (Wildman–Crippen LogP) is 5.30. The van der Waals surface area contributed by atoms with Crippen molar-refractivity contribution in [2.75, 3.05) is 10.7 Å². The number of nitriles is 1. The first kappa shape index (κ1) is 19.7. The lowest BCUT2D eigenvalue weighted by atomic mass is 9.78. The maximum atomic E-state index is 13.5. The molecule has 1 aromatic carbocycles. The van der Waals surface area contributed by atoms with Crippen LogP contribution in [0.2, 0.25) is 0 Å². The number of hydrogen-bond acceptors (Lipinski definition) is 6. The van der Waals surface area contributed by atoms with Crippen LogP contribution in [0, 0.1) is 17.1 Å². The van der Waals surface area contributed by atoms with Crippen LogP contribution in [-0.2, 0) is 4.79 Å². The number of rotatable bonds is 4. The van der Waals surface area contributed by atoms with Crippen LogP contribution in [0.1, 0.15) is 37.0 Å². The number of anilines is 1. The first-order chi connectivity index (χ1) is 14.1. The van der Waals surface area contributed by atoms with Crippen LogP contribution in [0.5, 0.6) is 0 Å². The monoisotopic (exact) mass is 425 g/mol. The fraction of sp³-hybridized carbons (Fsp3) is 0.273. The first-order valence-electron chi connectivity index (χ1n) is 9.48. The zero-order valence-electron chi connectivity index (χ0n) is 15.9. The Morgan fingerprint density at radius 3 is 2.76 bits per heavy atom. The minimum atomic E-state index is -0.437. The lowest BCUT2D eigenvalue weighted by molar-refractivity contribution is -0.116. The van der Waals surface area contributed by atoms with Crippen LogP contribution in [0.15, 0.2) is 63.3 Å². The fourth-order valence-electron chi connectivity index (χ4n) is 4.03. The second kappa shape index (κ2) is 8.05. The number of benzene rings is 1. The predicted molar refractivity (Wildman–Crippen MR) is 115 cm³/mol. The summed E-state index contributed by atoms with van der Waals surface area (Å²) in [5.41, 5.74) is 9.04. The summed E-state index contributed by atoms with van der Waals surface area (Å²) in [6.45, 7) is 2.08. The van der Waals surface area contributed by atoms with Gasteiger partial charge in [-0.2, -0.15) is 5.26 Å². The van der Waals surface area contributed by atoms with Gasteiger partial charge in [-0.3, -0.25) is 9.69 Å². The second-order valence-corrected chi connectivity index (χ2v) is 9.13. The summed E-state index contributed by atoms with van der Waals surface area (Å²) in [5, 5.41) is 12.0. The number of nitrogens with two attached hydrogens (primary N) is 1. The van der Waals surface area contributed by atoms with E-state index in [0.717, 1.165) is 27.6 Å². The number of thioether (sulfide) groups is 1. The molecule has 0 saturated carbocycles. The molecule has 7 heteroatoms. The Morgan fingerprint density at radius 2 is 2.07 bits per heavy atom. The Labute approximate surface area is 177 Å². The molecule has 2 aliphatic rings. The lowest BCUT2D eigenvalue weighted by Gasteiger charge is -2.39. The molecule has 4 rings (SSSR count). The molecule has 2 heterocycles. The SMILES string of the molecule is CCSc1ccsc1[C@H]1C(C#N)=C(N)N(c2ccc(F)cc2)C2=C1C(=O)CCC2. The zero-order chi connectivity index (χ0) is 20.5. The highest BCUT2D eigenvalue weighted by Crippen LogP contribution is 2.49. The van der Waals surface area contributed by atoms with E-state index >= 15 is 0 Å². The van der Waals surface area contributed by atoms with Gasteiger partial charge in [0.15, 0.2) is 5.78 Å². The van der Waals surface area contributed by atoms with Crippen LogP contribution in [-0.4, -0.2) is 11.5 Å². The summed E-state index contributed by atoms with van der Waals surface area (Å²) in [7, 11) is 0. The summed E-state index contributed by atoms with van der Waals surface area (Å²) >= 11 is 3.26. The average Bonchev–Trinajstić information content (AvgIpc) is 3.16. The van der Waals surface area contributed by atoms with E-state index in [9.17, 15) is 14.4 Å². The van der Waals surface area contributed by atoms with Crippen molar-refractivity contribution < 1.29 is 9.18 Å². The van der Waals surface area contributed by atoms with E-state index in [1.807, 2.05) is 11.4 Å². The van der Waals surface area contributed by atoms with E-state index in [1.165, 1.54) is 12.1 Å². The summed E-state index contributed by atoms with van der Waals surface area (Å²) in [5.74, 6) is 0.496. The van der Waals surface area contributed by atoms with Crippen molar-refractivity contribution in [1.82, 2.24) is 0 Å². The van der Waals surface area contributed by atoms with Crippen molar-refractivity contribution >= 4 is 34.6 Å². The fourth-order valence-corrected chi connectivity index (χ4v) is 6.08. The molecule has 4 nitrogen and oxygen atoms in total. The molecular weight excluding hydrogens is 405 g/mol. The summed E-state index contributed by atoms with van der Waals surface area (Å²) in [6, 6.07) is 10.3.